The number of aromatic amines is 1. The molecule has 1 aromatic heterocycles. The van der Waals surface area contributed by atoms with Gasteiger partial charge in [0.1, 0.15) is 18.8 Å². The molecule has 1 unspecified atom stereocenters. The number of hydrogen-bond acceptors (Lipinski definition) is 9. The highest BCUT2D eigenvalue weighted by Crippen LogP contribution is 2.31. The maximum absolute atomic E-state index is 11.6. The lowest BCUT2D eigenvalue weighted by Crippen LogP contribution is -2.42. The molecule has 0 spiro atoms. The summed E-state index contributed by atoms with van der Waals surface area (Å²) < 4.78 is 1.72. The second-order valence-electron chi connectivity index (χ2n) is 8.13. The lowest BCUT2D eigenvalue weighted by atomic mass is 9.92. The van der Waals surface area contributed by atoms with E-state index in [2.05, 4.69) is 26.5 Å². The number of hydrogen-bond donors (Lipinski definition) is 5. The van der Waals surface area contributed by atoms with E-state index in [1.165, 1.54) is 11.8 Å². The fraction of sp³-hybridized carbons (Fsp3) is 0.455. The fourth-order valence-corrected chi connectivity index (χ4v) is 3.90. The summed E-state index contributed by atoms with van der Waals surface area (Å²) in [5, 5.41) is 32.2. The van der Waals surface area contributed by atoms with Crippen LogP contribution < -0.4 is 16.1 Å². The molecule has 0 bridgehead atoms. The number of H-pyrrole nitrogens is 1. The van der Waals surface area contributed by atoms with E-state index in [-0.39, 0.29) is 24.6 Å². The molecule has 0 saturated carbocycles. The van der Waals surface area contributed by atoms with E-state index >= 15 is 0 Å². The number of amides is 1. The summed E-state index contributed by atoms with van der Waals surface area (Å²) in [6.45, 7) is 2.76. The number of nitrogens with one attached hydrogen (secondary N) is 3. The van der Waals surface area contributed by atoms with Crippen LogP contribution in [0.3, 0.4) is 0 Å². The maximum Gasteiger partial charge on any atom is 0.303 e. The Kier molecular flexibility index (Phi) is 9.18. The molecule has 1 atom stereocenters. The monoisotopic (exact) mass is 484 g/mol. The van der Waals surface area contributed by atoms with Crippen LogP contribution in [0, 0.1) is 21.4 Å². The average molecular weight is 485 g/mol. The zero-order chi connectivity index (χ0) is 25.2. The Morgan fingerprint density at radius 2 is 2.14 bits per heavy atom. The number of nitro benzene ring substituents is 1. The zero-order valence-electron chi connectivity index (χ0n) is 19.3. The highest BCUT2D eigenvalue weighted by atomic mass is 16.6. The SMILES string of the molecule is N=C=[N+]1CCN(c2ccc(C3=NNC(=O)CC3CO)cc2[N+](=O)[O-])CC1.NCCCc1cnc[nH]1. The number of aryl methyl sites for hydroxylation is 1. The van der Waals surface area contributed by atoms with Gasteiger partial charge in [-0.25, -0.2) is 15.0 Å². The second kappa shape index (κ2) is 12.5. The van der Waals surface area contributed by atoms with Gasteiger partial charge in [-0.05, 0) is 25.5 Å². The molecule has 186 valence electrons. The minimum atomic E-state index is -0.485. The van der Waals surface area contributed by atoms with Crippen LogP contribution in [0.1, 0.15) is 24.1 Å². The molecule has 0 radical (unpaired) electrons. The summed E-state index contributed by atoms with van der Waals surface area (Å²) >= 11 is 0. The van der Waals surface area contributed by atoms with E-state index in [0.29, 0.717) is 43.1 Å². The summed E-state index contributed by atoms with van der Waals surface area (Å²) in [5.41, 5.74) is 10.2. The van der Waals surface area contributed by atoms with Gasteiger partial charge in [0.2, 0.25) is 5.91 Å². The van der Waals surface area contributed by atoms with Gasteiger partial charge in [-0.15, -0.1) is 0 Å². The Balaban J connectivity index is 0.000000320. The number of aliphatic hydroxyl groups is 1. The lowest BCUT2D eigenvalue weighted by molar-refractivity contribution is -0.524. The van der Waals surface area contributed by atoms with Crippen LogP contribution in [-0.2, 0) is 11.2 Å². The number of carbonyl (C=O) groups is 1. The van der Waals surface area contributed by atoms with Gasteiger partial charge < -0.3 is 20.7 Å². The van der Waals surface area contributed by atoms with Crippen LogP contribution in [0.2, 0.25) is 0 Å². The Hall–Kier alpha value is -3.93. The Morgan fingerprint density at radius 3 is 2.74 bits per heavy atom. The van der Waals surface area contributed by atoms with Crippen molar-refractivity contribution >= 4 is 29.0 Å². The molecule has 1 saturated heterocycles. The molecule has 1 amide bonds. The molecule has 1 aromatic carbocycles. The van der Waals surface area contributed by atoms with Crippen molar-refractivity contribution < 1.29 is 19.4 Å². The summed E-state index contributed by atoms with van der Waals surface area (Å²) in [6, 6.07) is 7.15. The predicted octanol–water partition coefficient (Wildman–Crippen LogP) is 0.313. The van der Waals surface area contributed by atoms with Crippen molar-refractivity contribution in [3.05, 3.63) is 52.1 Å². The van der Waals surface area contributed by atoms with Crippen LogP contribution in [0.4, 0.5) is 11.4 Å². The first-order chi connectivity index (χ1) is 17.0. The van der Waals surface area contributed by atoms with Crippen molar-refractivity contribution in [3.63, 3.8) is 0 Å². The van der Waals surface area contributed by atoms with E-state index in [1.807, 2.05) is 11.1 Å². The smallest absolute Gasteiger partial charge is 0.303 e. The average Bonchev–Trinajstić information content (AvgIpc) is 3.41. The molecular formula is C22H30N9O4+. The summed E-state index contributed by atoms with van der Waals surface area (Å²) in [5.74, 6) is -0.777. The van der Waals surface area contributed by atoms with Crippen molar-refractivity contribution in [1.82, 2.24) is 15.4 Å². The number of carbonyl (C=O) groups excluding carboxylic acids is 1. The second-order valence-corrected chi connectivity index (χ2v) is 8.13. The third-order valence-electron chi connectivity index (χ3n) is 5.79. The summed E-state index contributed by atoms with van der Waals surface area (Å²) in [6.07, 6.45) is 5.65. The van der Waals surface area contributed by atoms with Crippen molar-refractivity contribution in [3.8, 4) is 0 Å². The predicted molar refractivity (Wildman–Crippen MR) is 129 cm³/mol. The third-order valence-corrected chi connectivity index (χ3v) is 5.79. The maximum atomic E-state index is 11.6. The number of nitro groups is 1. The largest absolute Gasteiger partial charge is 0.396 e. The molecule has 2 aliphatic heterocycles. The molecule has 4 rings (SSSR count). The first kappa shape index (κ1) is 25.7. The molecule has 35 heavy (non-hydrogen) atoms. The van der Waals surface area contributed by atoms with E-state index < -0.39 is 10.8 Å². The summed E-state index contributed by atoms with van der Waals surface area (Å²) in [7, 11) is 0. The number of aliphatic hydroxyl groups excluding tert-OH is 1. The number of hydrazone groups is 1. The number of rotatable bonds is 7. The van der Waals surface area contributed by atoms with E-state index in [0.717, 1.165) is 19.4 Å². The minimum absolute atomic E-state index is 0.0499. The highest BCUT2D eigenvalue weighted by Gasteiger charge is 2.29. The topological polar surface area (TPSA) is 190 Å². The number of nitrogens with two attached hydrogens (primary N) is 1. The van der Waals surface area contributed by atoms with E-state index in [1.54, 1.807) is 23.0 Å². The Morgan fingerprint density at radius 1 is 1.37 bits per heavy atom. The lowest BCUT2D eigenvalue weighted by Gasteiger charge is -2.28. The first-order valence-corrected chi connectivity index (χ1v) is 11.3. The third kappa shape index (κ3) is 6.79. The van der Waals surface area contributed by atoms with Crippen LogP contribution in [-0.4, -0.2) is 81.5 Å². The number of nitrogens with zero attached hydrogens (tertiary/aromatic N) is 5. The van der Waals surface area contributed by atoms with Gasteiger partial charge in [-0.2, -0.15) is 5.10 Å². The normalized spacial score (nSPS) is 17.6. The van der Waals surface area contributed by atoms with Gasteiger partial charge in [-0.3, -0.25) is 14.9 Å². The van der Waals surface area contributed by atoms with Crippen LogP contribution in [0.5, 0.6) is 0 Å². The molecule has 2 aliphatic rings. The molecule has 6 N–H and O–H groups in total. The van der Waals surface area contributed by atoms with Gasteiger partial charge in [0.25, 0.3) is 5.69 Å². The number of imidazole rings is 1. The zero-order valence-corrected chi connectivity index (χ0v) is 19.3. The minimum Gasteiger partial charge on any atom is -0.396 e. The highest BCUT2D eigenvalue weighted by molar-refractivity contribution is 6.06. The van der Waals surface area contributed by atoms with Crippen molar-refractivity contribution in [2.75, 3.05) is 44.2 Å². The van der Waals surface area contributed by atoms with E-state index in [4.69, 9.17) is 11.1 Å². The van der Waals surface area contributed by atoms with Gasteiger partial charge in [0.15, 0.2) is 0 Å². The van der Waals surface area contributed by atoms with Crippen LogP contribution in [0.15, 0.2) is 35.8 Å². The number of piperazine rings is 1. The molecule has 13 heteroatoms. The number of aromatic nitrogens is 2. The Labute approximate surface area is 202 Å². The molecular weight excluding hydrogens is 454 g/mol. The van der Waals surface area contributed by atoms with Crippen molar-refractivity contribution in [1.29, 1.82) is 5.41 Å². The van der Waals surface area contributed by atoms with E-state index in [9.17, 15) is 20.0 Å². The molecule has 3 heterocycles. The van der Waals surface area contributed by atoms with Crippen molar-refractivity contribution in [2.24, 2.45) is 16.8 Å². The van der Waals surface area contributed by atoms with Crippen molar-refractivity contribution in [2.45, 2.75) is 19.3 Å². The van der Waals surface area contributed by atoms with Crippen LogP contribution in [0.25, 0.3) is 0 Å². The van der Waals surface area contributed by atoms with Gasteiger partial charge in [0.05, 0.1) is 36.7 Å². The standard InChI is InChI=1S/C16H18N6O4.C6H11N3/c17-10-20-3-5-21(6-4-20)13-2-1-11(7-14(13)22(25)26)16-12(9-23)8-15(24)18-19-16;7-3-1-2-6-4-8-5-9-6/h1-2,7,12,17,23H,3-6,8-9H2;4-5H,1-3,7H2,(H,8,9)/p+1. The van der Waals surface area contributed by atoms with Gasteiger partial charge in [0, 0.05) is 35.9 Å². The number of anilines is 1. The van der Waals surface area contributed by atoms with Gasteiger partial charge in [-0.1, -0.05) is 11.5 Å². The Bertz CT molecular complexity index is 1100. The van der Waals surface area contributed by atoms with Crippen LogP contribution >= 0.6 is 0 Å². The molecule has 1 fully saturated rings. The quantitative estimate of drug-likeness (QED) is 0.162. The molecule has 0 aliphatic carbocycles. The first-order valence-electron chi connectivity index (χ1n) is 11.3. The fourth-order valence-electron chi connectivity index (χ4n) is 3.90. The van der Waals surface area contributed by atoms with Gasteiger partial charge >= 0.3 is 6.01 Å². The molecule has 2 aromatic rings. The number of benzene rings is 1. The summed E-state index contributed by atoms with van der Waals surface area (Å²) in [4.78, 5) is 31.4. The molecule has 13 nitrogen and oxygen atoms in total.